The molecule has 2 atom stereocenters. The fraction of sp³-hybridized carbons (Fsp3) is 0.412. The zero-order chi connectivity index (χ0) is 16.3. The molecule has 0 saturated heterocycles. The average Bonchev–Trinajstić information content (AvgIpc) is 2.40. The first-order valence-corrected chi connectivity index (χ1v) is 6.65. The van der Waals surface area contributed by atoms with Crippen LogP contribution in [0.15, 0.2) is 35.6 Å². The zero-order valence-corrected chi connectivity index (χ0v) is 12.9. The Morgan fingerprint density at radius 2 is 1.95 bits per heavy atom. The van der Waals surface area contributed by atoms with Crippen molar-refractivity contribution in [2.24, 2.45) is 5.92 Å². The first-order chi connectivity index (χ1) is 9.86. The summed E-state index contributed by atoms with van der Waals surface area (Å²) in [5.74, 6) is 4.63. The molecule has 4 nitrogen and oxygen atoms in total. The summed E-state index contributed by atoms with van der Waals surface area (Å²) >= 11 is 0. The summed E-state index contributed by atoms with van der Waals surface area (Å²) < 4.78 is 4.59. The highest BCUT2D eigenvalue weighted by Gasteiger charge is 2.14. The molecular formula is C17H22O4. The van der Waals surface area contributed by atoms with E-state index in [1.54, 1.807) is 6.08 Å². The van der Waals surface area contributed by atoms with Crippen LogP contribution in [0.2, 0.25) is 0 Å². The van der Waals surface area contributed by atoms with Crippen LogP contribution in [0.3, 0.4) is 0 Å². The summed E-state index contributed by atoms with van der Waals surface area (Å²) in [5.41, 5.74) is 1.94. The van der Waals surface area contributed by atoms with E-state index in [0.29, 0.717) is 12.7 Å². The van der Waals surface area contributed by atoms with Crippen molar-refractivity contribution in [3.63, 3.8) is 0 Å². The lowest BCUT2D eigenvalue weighted by Crippen LogP contribution is -2.19. The molecule has 1 N–H and O–H groups in total. The minimum absolute atomic E-state index is 0.295. The van der Waals surface area contributed by atoms with E-state index < -0.39 is 18.0 Å². The normalized spacial score (nSPS) is 13.9. The largest absolute Gasteiger partial charge is 0.435 e. The lowest BCUT2D eigenvalue weighted by Gasteiger charge is -2.11. The van der Waals surface area contributed by atoms with Gasteiger partial charge in [-0.1, -0.05) is 23.5 Å². The number of carbonyl (C=O) groups excluding carboxylic acids is 2. The molecule has 0 aliphatic rings. The zero-order valence-electron chi connectivity index (χ0n) is 12.9. The van der Waals surface area contributed by atoms with E-state index in [4.69, 9.17) is 0 Å². The van der Waals surface area contributed by atoms with E-state index in [9.17, 15) is 14.7 Å². The Balaban J connectivity index is 4.55. The number of ether oxygens (including phenoxy) is 1. The molecule has 0 aromatic heterocycles. The van der Waals surface area contributed by atoms with Crippen molar-refractivity contribution in [1.29, 1.82) is 0 Å². The molecule has 0 spiro atoms. The maximum Gasteiger partial charge on any atom is 0.307 e. The predicted octanol–water partition coefficient (Wildman–Crippen LogP) is 2.55. The molecule has 0 bridgehead atoms. The number of allylic oxidation sites excluding steroid dienone is 3. The SMILES string of the molecule is CC(=O)O/C=C/C(C=O)[C@@H](O)C/C=C(\C)C#CC=C(C)C. The maximum atomic E-state index is 10.9. The Morgan fingerprint density at radius 1 is 1.29 bits per heavy atom. The summed E-state index contributed by atoms with van der Waals surface area (Å²) in [6.07, 6.45) is 6.09. The van der Waals surface area contributed by atoms with E-state index in [1.807, 2.05) is 26.8 Å². The summed E-state index contributed by atoms with van der Waals surface area (Å²) in [7, 11) is 0. The highest BCUT2D eigenvalue weighted by atomic mass is 16.5. The Kier molecular flexibility index (Phi) is 9.57. The van der Waals surface area contributed by atoms with E-state index in [-0.39, 0.29) is 0 Å². The number of hydrogen-bond donors (Lipinski definition) is 1. The lowest BCUT2D eigenvalue weighted by molar-refractivity contribution is -0.135. The number of carbonyl (C=O) groups is 2. The Hall–Kier alpha value is -2.12. The van der Waals surface area contributed by atoms with Crippen molar-refractivity contribution in [2.75, 3.05) is 0 Å². The first kappa shape index (κ1) is 18.9. The maximum absolute atomic E-state index is 10.9. The number of hydrogen-bond acceptors (Lipinski definition) is 4. The van der Waals surface area contributed by atoms with Gasteiger partial charge >= 0.3 is 5.97 Å². The van der Waals surface area contributed by atoms with Crippen LogP contribution in [0, 0.1) is 17.8 Å². The number of aldehydes is 1. The lowest BCUT2D eigenvalue weighted by atomic mass is 10.0. The minimum Gasteiger partial charge on any atom is -0.435 e. The molecule has 0 rings (SSSR count). The summed E-state index contributed by atoms with van der Waals surface area (Å²) in [5, 5.41) is 9.91. The van der Waals surface area contributed by atoms with Crippen molar-refractivity contribution < 1.29 is 19.4 Å². The van der Waals surface area contributed by atoms with Crippen LogP contribution in [0.5, 0.6) is 0 Å². The molecule has 0 heterocycles. The van der Waals surface area contributed by atoms with E-state index in [0.717, 1.165) is 17.4 Å². The van der Waals surface area contributed by atoms with E-state index in [2.05, 4.69) is 16.6 Å². The molecule has 0 aliphatic carbocycles. The first-order valence-electron chi connectivity index (χ1n) is 6.65. The second-order valence-electron chi connectivity index (χ2n) is 4.83. The third kappa shape index (κ3) is 10.3. The Labute approximate surface area is 126 Å². The predicted molar refractivity (Wildman–Crippen MR) is 82.0 cm³/mol. The van der Waals surface area contributed by atoms with Crippen LogP contribution >= 0.6 is 0 Å². The van der Waals surface area contributed by atoms with Crippen LogP contribution < -0.4 is 0 Å². The molecule has 4 heteroatoms. The monoisotopic (exact) mass is 290 g/mol. The molecular weight excluding hydrogens is 268 g/mol. The van der Waals surface area contributed by atoms with Gasteiger partial charge in [0.25, 0.3) is 0 Å². The van der Waals surface area contributed by atoms with E-state index >= 15 is 0 Å². The van der Waals surface area contributed by atoms with Gasteiger partial charge in [0.2, 0.25) is 0 Å². The van der Waals surface area contributed by atoms with Gasteiger partial charge in [-0.05, 0) is 44.9 Å². The Morgan fingerprint density at radius 3 is 2.48 bits per heavy atom. The Bertz CT molecular complexity index is 497. The van der Waals surface area contributed by atoms with E-state index in [1.165, 1.54) is 13.0 Å². The fourth-order valence-corrected chi connectivity index (χ4v) is 1.29. The van der Waals surface area contributed by atoms with Crippen LogP contribution in [0.1, 0.15) is 34.1 Å². The number of esters is 1. The van der Waals surface area contributed by atoms with Crippen molar-refractivity contribution in [2.45, 2.75) is 40.2 Å². The van der Waals surface area contributed by atoms with Crippen molar-refractivity contribution >= 4 is 12.3 Å². The molecule has 1 unspecified atom stereocenters. The number of aliphatic hydroxyl groups excluding tert-OH is 1. The third-order valence-corrected chi connectivity index (χ3v) is 2.43. The fourth-order valence-electron chi connectivity index (χ4n) is 1.29. The molecule has 0 fully saturated rings. The average molecular weight is 290 g/mol. The molecule has 21 heavy (non-hydrogen) atoms. The molecule has 0 saturated carbocycles. The highest BCUT2D eigenvalue weighted by Crippen LogP contribution is 2.09. The highest BCUT2D eigenvalue weighted by molar-refractivity contribution is 5.66. The second-order valence-corrected chi connectivity index (χ2v) is 4.83. The molecule has 114 valence electrons. The van der Waals surface area contributed by atoms with Crippen LogP contribution in [0.4, 0.5) is 0 Å². The van der Waals surface area contributed by atoms with Crippen LogP contribution in [-0.2, 0) is 14.3 Å². The molecule has 0 aromatic carbocycles. The van der Waals surface area contributed by atoms with Gasteiger partial charge < -0.3 is 14.6 Å². The minimum atomic E-state index is -0.880. The number of rotatable bonds is 6. The molecule has 0 aromatic rings. The van der Waals surface area contributed by atoms with Gasteiger partial charge in [0.1, 0.15) is 6.29 Å². The second kappa shape index (κ2) is 10.6. The topological polar surface area (TPSA) is 63.6 Å². The molecule has 0 amide bonds. The van der Waals surface area contributed by atoms with Crippen LogP contribution in [-0.4, -0.2) is 23.5 Å². The van der Waals surface area contributed by atoms with Gasteiger partial charge in [0, 0.05) is 6.92 Å². The van der Waals surface area contributed by atoms with Gasteiger partial charge in [-0.25, -0.2) is 0 Å². The van der Waals surface area contributed by atoms with Gasteiger partial charge in [-0.2, -0.15) is 0 Å². The molecule has 0 radical (unpaired) electrons. The summed E-state index contributed by atoms with van der Waals surface area (Å²) in [6.45, 7) is 7.01. The van der Waals surface area contributed by atoms with Gasteiger partial charge in [-0.15, -0.1) is 0 Å². The summed E-state index contributed by atoms with van der Waals surface area (Å²) in [6, 6.07) is 0. The molecule has 0 aliphatic heterocycles. The summed E-state index contributed by atoms with van der Waals surface area (Å²) in [4.78, 5) is 21.5. The van der Waals surface area contributed by atoms with Crippen molar-refractivity contribution in [3.8, 4) is 11.8 Å². The van der Waals surface area contributed by atoms with Crippen molar-refractivity contribution in [3.05, 3.63) is 35.6 Å². The van der Waals surface area contributed by atoms with Gasteiger partial charge in [-0.3, -0.25) is 4.79 Å². The van der Waals surface area contributed by atoms with Crippen LogP contribution in [0.25, 0.3) is 0 Å². The number of aliphatic hydroxyl groups is 1. The quantitative estimate of drug-likeness (QED) is 0.353. The van der Waals surface area contributed by atoms with Crippen molar-refractivity contribution in [1.82, 2.24) is 0 Å². The van der Waals surface area contributed by atoms with Gasteiger partial charge in [0.15, 0.2) is 0 Å². The third-order valence-electron chi connectivity index (χ3n) is 2.43. The standard InChI is InChI=1S/C17H22O4/c1-13(2)6-5-7-14(3)8-9-17(20)16(12-18)10-11-21-15(4)19/h6,8,10-12,16-17,20H,9H2,1-4H3/b11-10+,14-8+/t16?,17-/m0/s1. The van der Waals surface area contributed by atoms with Gasteiger partial charge in [0.05, 0.1) is 18.3 Å². The smallest absolute Gasteiger partial charge is 0.307 e.